The van der Waals surface area contributed by atoms with Crippen LogP contribution < -0.4 is 0 Å². The van der Waals surface area contributed by atoms with E-state index in [1.54, 1.807) is 0 Å². The van der Waals surface area contributed by atoms with E-state index >= 15 is 0 Å². The van der Waals surface area contributed by atoms with Crippen LogP contribution in [-0.2, 0) is 38.1 Å². The van der Waals surface area contributed by atoms with E-state index in [-0.39, 0.29) is 13.0 Å². The second-order valence-corrected chi connectivity index (χ2v) is 5.09. The van der Waals surface area contributed by atoms with Crippen LogP contribution >= 0.6 is 0 Å². The zero-order valence-corrected chi connectivity index (χ0v) is 13.0. The van der Waals surface area contributed by atoms with Crippen molar-refractivity contribution in [3.8, 4) is 0 Å². The number of esters is 4. The lowest BCUT2D eigenvalue weighted by Crippen LogP contribution is -2.40. The van der Waals surface area contributed by atoms with Crippen LogP contribution in [0.2, 0.25) is 0 Å². The van der Waals surface area contributed by atoms with E-state index in [0.29, 0.717) is 0 Å². The lowest BCUT2D eigenvalue weighted by molar-refractivity contribution is -0.176. The Hall–Kier alpha value is -2.12. The van der Waals surface area contributed by atoms with Crippen molar-refractivity contribution in [1.29, 1.82) is 0 Å². The first-order valence-corrected chi connectivity index (χ1v) is 6.85. The predicted molar refractivity (Wildman–Crippen MR) is 71.4 cm³/mol. The summed E-state index contributed by atoms with van der Waals surface area (Å²) in [5.74, 6) is -2.62. The summed E-state index contributed by atoms with van der Waals surface area (Å²) >= 11 is 0. The molecule has 1 aliphatic carbocycles. The SMILES string of the molecule is CC(=O)OC[C@H]1CC(OC(C)=O)[C@H](OC(C)=O)[C@@H]1OC(C)=O. The molecule has 0 aromatic rings. The summed E-state index contributed by atoms with van der Waals surface area (Å²) in [4.78, 5) is 44.6. The Bertz CT molecular complexity index is 458. The Balaban J connectivity index is 2.94. The van der Waals surface area contributed by atoms with Gasteiger partial charge in [-0.05, 0) is 6.42 Å². The normalized spacial score (nSPS) is 26.9. The van der Waals surface area contributed by atoms with Crippen molar-refractivity contribution >= 4 is 23.9 Å². The minimum Gasteiger partial charge on any atom is -0.465 e. The Morgan fingerprint density at radius 1 is 0.773 bits per heavy atom. The number of carbonyl (C=O) groups is 4. The van der Waals surface area contributed by atoms with Gasteiger partial charge in [0.25, 0.3) is 0 Å². The lowest BCUT2D eigenvalue weighted by atomic mass is 10.1. The molecular weight excluding hydrogens is 296 g/mol. The third-order valence-electron chi connectivity index (χ3n) is 3.11. The molecule has 0 aromatic heterocycles. The van der Waals surface area contributed by atoms with Crippen LogP contribution in [0.15, 0.2) is 0 Å². The van der Waals surface area contributed by atoms with E-state index in [1.807, 2.05) is 0 Å². The van der Waals surface area contributed by atoms with Gasteiger partial charge in [-0.25, -0.2) is 0 Å². The van der Waals surface area contributed by atoms with Crippen LogP contribution in [0.25, 0.3) is 0 Å². The monoisotopic (exact) mass is 316 g/mol. The second kappa shape index (κ2) is 7.77. The number of ether oxygens (including phenoxy) is 4. The van der Waals surface area contributed by atoms with Crippen LogP contribution in [0.1, 0.15) is 34.1 Å². The van der Waals surface area contributed by atoms with Crippen molar-refractivity contribution in [3.63, 3.8) is 0 Å². The first kappa shape index (κ1) is 17.9. The molecule has 22 heavy (non-hydrogen) atoms. The van der Waals surface area contributed by atoms with Crippen molar-refractivity contribution in [1.82, 2.24) is 0 Å². The van der Waals surface area contributed by atoms with Gasteiger partial charge in [0.1, 0.15) is 12.2 Å². The van der Waals surface area contributed by atoms with Gasteiger partial charge in [0.15, 0.2) is 6.10 Å². The molecule has 1 aliphatic rings. The summed E-state index contributed by atoms with van der Waals surface area (Å²) < 4.78 is 20.4. The van der Waals surface area contributed by atoms with Crippen molar-refractivity contribution < 1.29 is 38.1 Å². The minimum absolute atomic E-state index is 0.0250. The van der Waals surface area contributed by atoms with Crippen LogP contribution in [0.5, 0.6) is 0 Å². The van der Waals surface area contributed by atoms with Crippen molar-refractivity contribution in [2.45, 2.75) is 52.4 Å². The first-order chi connectivity index (χ1) is 10.2. The molecule has 0 N–H and O–H groups in total. The topological polar surface area (TPSA) is 105 Å². The molecule has 8 heteroatoms. The Morgan fingerprint density at radius 2 is 1.27 bits per heavy atom. The highest BCUT2D eigenvalue weighted by atomic mass is 16.6. The van der Waals surface area contributed by atoms with Crippen LogP contribution in [0.3, 0.4) is 0 Å². The molecule has 0 saturated heterocycles. The fourth-order valence-electron chi connectivity index (χ4n) is 2.45. The van der Waals surface area contributed by atoms with E-state index in [0.717, 1.165) is 0 Å². The molecule has 1 fully saturated rings. The summed E-state index contributed by atoms with van der Waals surface area (Å²) in [5, 5.41) is 0. The molecule has 0 aliphatic heterocycles. The van der Waals surface area contributed by atoms with Crippen LogP contribution in [0, 0.1) is 5.92 Å². The number of hydrogen-bond acceptors (Lipinski definition) is 8. The number of carbonyl (C=O) groups excluding carboxylic acids is 4. The molecular formula is C14H20O8. The molecule has 1 unspecified atom stereocenters. The van der Waals surface area contributed by atoms with Gasteiger partial charge in [-0.15, -0.1) is 0 Å². The third kappa shape index (κ3) is 5.34. The molecule has 0 radical (unpaired) electrons. The summed E-state index contributed by atoms with van der Waals surface area (Å²) in [7, 11) is 0. The molecule has 0 heterocycles. The maximum absolute atomic E-state index is 11.3. The van der Waals surface area contributed by atoms with Gasteiger partial charge in [-0.2, -0.15) is 0 Å². The fraction of sp³-hybridized carbons (Fsp3) is 0.714. The number of hydrogen-bond donors (Lipinski definition) is 0. The van der Waals surface area contributed by atoms with E-state index in [2.05, 4.69) is 0 Å². The average molecular weight is 316 g/mol. The summed E-state index contributed by atoms with van der Waals surface area (Å²) in [6.45, 7) is 4.87. The summed E-state index contributed by atoms with van der Waals surface area (Å²) in [5.41, 5.74) is 0. The Morgan fingerprint density at radius 3 is 1.73 bits per heavy atom. The van der Waals surface area contributed by atoms with Gasteiger partial charge in [0.05, 0.1) is 6.61 Å². The highest BCUT2D eigenvalue weighted by Crippen LogP contribution is 2.34. The van der Waals surface area contributed by atoms with E-state index in [4.69, 9.17) is 18.9 Å². The van der Waals surface area contributed by atoms with Crippen molar-refractivity contribution in [2.75, 3.05) is 6.61 Å². The quantitative estimate of drug-likeness (QED) is 0.529. The first-order valence-electron chi connectivity index (χ1n) is 6.85. The van der Waals surface area contributed by atoms with Gasteiger partial charge < -0.3 is 18.9 Å². The van der Waals surface area contributed by atoms with Crippen LogP contribution in [0.4, 0.5) is 0 Å². The Kier molecular flexibility index (Phi) is 6.33. The highest BCUT2D eigenvalue weighted by molar-refractivity contribution is 5.68. The van der Waals surface area contributed by atoms with Gasteiger partial charge in [0.2, 0.25) is 0 Å². The second-order valence-electron chi connectivity index (χ2n) is 5.09. The summed E-state index contributed by atoms with van der Waals surface area (Å²) in [6, 6.07) is 0. The standard InChI is InChI=1S/C14H20O8/c1-7(15)19-6-11-5-12(20-8(2)16)14(22-10(4)18)13(11)21-9(3)17/h11-14H,5-6H2,1-4H3/t11-,12?,13-,14+/m1/s1. The molecule has 8 nitrogen and oxygen atoms in total. The zero-order valence-electron chi connectivity index (χ0n) is 13.0. The average Bonchev–Trinajstić information content (AvgIpc) is 2.63. The predicted octanol–water partition coefficient (Wildman–Crippen LogP) is 0.364. The Labute approximate surface area is 128 Å². The molecule has 0 amide bonds. The molecule has 0 bridgehead atoms. The number of rotatable bonds is 5. The van der Waals surface area contributed by atoms with Crippen molar-refractivity contribution in [3.05, 3.63) is 0 Å². The highest BCUT2D eigenvalue weighted by Gasteiger charge is 2.50. The minimum atomic E-state index is -0.925. The maximum atomic E-state index is 11.3. The van der Waals surface area contributed by atoms with Gasteiger partial charge in [0, 0.05) is 33.6 Å². The third-order valence-corrected chi connectivity index (χ3v) is 3.11. The molecule has 1 rings (SSSR count). The fourth-order valence-corrected chi connectivity index (χ4v) is 2.45. The van der Waals surface area contributed by atoms with E-state index in [1.165, 1.54) is 27.7 Å². The van der Waals surface area contributed by atoms with Crippen LogP contribution in [-0.4, -0.2) is 48.8 Å². The maximum Gasteiger partial charge on any atom is 0.303 e. The molecule has 4 atom stereocenters. The smallest absolute Gasteiger partial charge is 0.303 e. The van der Waals surface area contributed by atoms with Crippen molar-refractivity contribution in [2.24, 2.45) is 5.92 Å². The van der Waals surface area contributed by atoms with Gasteiger partial charge >= 0.3 is 23.9 Å². The molecule has 0 spiro atoms. The molecule has 0 aromatic carbocycles. The van der Waals surface area contributed by atoms with Gasteiger partial charge in [-0.1, -0.05) is 0 Å². The summed E-state index contributed by atoms with van der Waals surface area (Å²) in [6.07, 6.45) is -2.27. The van der Waals surface area contributed by atoms with E-state index < -0.39 is 48.1 Å². The van der Waals surface area contributed by atoms with Gasteiger partial charge in [-0.3, -0.25) is 19.2 Å². The zero-order chi connectivity index (χ0) is 16.9. The molecule has 1 saturated carbocycles. The molecule has 124 valence electrons. The van der Waals surface area contributed by atoms with E-state index in [9.17, 15) is 19.2 Å². The largest absolute Gasteiger partial charge is 0.465 e. The lowest BCUT2D eigenvalue weighted by Gasteiger charge is -2.25.